The minimum absolute atomic E-state index is 0.0736. The van der Waals surface area contributed by atoms with E-state index in [0.29, 0.717) is 6.42 Å². The maximum atomic E-state index is 16.8. The molecule has 0 aromatic heterocycles. The molecular formula is C22H28F2O4. The summed E-state index contributed by atoms with van der Waals surface area (Å²) in [7, 11) is 0. The lowest BCUT2D eigenvalue weighted by Gasteiger charge is -2.62. The van der Waals surface area contributed by atoms with Crippen molar-refractivity contribution in [2.24, 2.45) is 34.5 Å². The number of alkyl halides is 2. The van der Waals surface area contributed by atoms with E-state index in [2.05, 4.69) is 0 Å². The van der Waals surface area contributed by atoms with Crippen molar-refractivity contribution in [2.45, 2.75) is 58.0 Å². The number of aliphatic hydroxyl groups is 2. The van der Waals surface area contributed by atoms with E-state index in [4.69, 9.17) is 0 Å². The summed E-state index contributed by atoms with van der Waals surface area (Å²) >= 11 is 0. The van der Waals surface area contributed by atoms with Crippen molar-refractivity contribution < 1.29 is 28.6 Å². The van der Waals surface area contributed by atoms with Crippen LogP contribution in [0.2, 0.25) is 0 Å². The van der Waals surface area contributed by atoms with Gasteiger partial charge in [0.25, 0.3) is 0 Å². The quantitative estimate of drug-likeness (QED) is 0.755. The zero-order valence-corrected chi connectivity index (χ0v) is 16.5. The molecule has 2 N–H and O–H groups in total. The minimum atomic E-state index is -2.11. The molecular weight excluding hydrogens is 366 g/mol. The van der Waals surface area contributed by atoms with Gasteiger partial charge < -0.3 is 10.2 Å². The van der Waals surface area contributed by atoms with Crippen LogP contribution >= 0.6 is 0 Å². The Bertz CT molecular complexity index is 791. The van der Waals surface area contributed by atoms with Crippen molar-refractivity contribution in [1.29, 1.82) is 0 Å². The van der Waals surface area contributed by atoms with Gasteiger partial charge in [-0.1, -0.05) is 19.9 Å². The molecule has 0 amide bonds. The number of carbonyl (C=O) groups excluding carboxylic acids is 2. The number of halogens is 2. The zero-order valence-electron chi connectivity index (χ0n) is 16.5. The van der Waals surface area contributed by atoms with E-state index in [1.807, 2.05) is 13.8 Å². The van der Waals surface area contributed by atoms with Gasteiger partial charge in [0.05, 0.1) is 6.10 Å². The smallest absolute Gasteiger partial charge is 0.178 e. The van der Waals surface area contributed by atoms with E-state index in [0.717, 1.165) is 0 Å². The summed E-state index contributed by atoms with van der Waals surface area (Å²) in [6.45, 7) is 4.78. The van der Waals surface area contributed by atoms with Crippen LogP contribution in [-0.4, -0.2) is 46.3 Å². The Morgan fingerprint density at radius 2 is 1.96 bits per heavy atom. The third kappa shape index (κ3) is 2.22. The Balaban J connectivity index is 1.84. The van der Waals surface area contributed by atoms with Gasteiger partial charge in [0.1, 0.15) is 12.8 Å². The van der Waals surface area contributed by atoms with Gasteiger partial charge in [-0.25, -0.2) is 8.78 Å². The predicted octanol–water partition coefficient (Wildman–Crippen LogP) is 2.73. The van der Waals surface area contributed by atoms with Gasteiger partial charge >= 0.3 is 0 Å². The molecule has 4 aliphatic rings. The molecule has 0 heterocycles. The Morgan fingerprint density at radius 3 is 2.61 bits per heavy atom. The number of Topliss-reactive ketones (excluding diaryl/α,β-unsaturated/α-hetero) is 1. The van der Waals surface area contributed by atoms with Crippen LogP contribution in [0.15, 0.2) is 23.8 Å². The third-order valence-electron chi connectivity index (χ3n) is 8.47. The maximum absolute atomic E-state index is 16.8. The Labute approximate surface area is 163 Å². The summed E-state index contributed by atoms with van der Waals surface area (Å²) in [5.41, 5.74) is -4.09. The summed E-state index contributed by atoms with van der Waals surface area (Å²) in [5.74, 6) is -2.26. The predicted molar refractivity (Wildman–Crippen MR) is 98.8 cm³/mol. The second kappa shape index (κ2) is 6.05. The first-order valence-corrected chi connectivity index (χ1v) is 10.1. The van der Waals surface area contributed by atoms with Crippen LogP contribution < -0.4 is 0 Å². The highest BCUT2D eigenvalue weighted by Gasteiger charge is 2.73. The molecule has 0 bridgehead atoms. The van der Waals surface area contributed by atoms with Crippen LogP contribution in [0.4, 0.5) is 8.78 Å². The van der Waals surface area contributed by atoms with Crippen LogP contribution in [0.3, 0.4) is 0 Å². The summed E-state index contributed by atoms with van der Waals surface area (Å²) < 4.78 is 32.0. The average molecular weight is 394 g/mol. The van der Waals surface area contributed by atoms with E-state index in [1.54, 1.807) is 6.92 Å². The second-order valence-corrected chi connectivity index (χ2v) is 9.76. The number of carbonyl (C=O) groups is 2. The minimum Gasteiger partial charge on any atom is -0.390 e. The highest BCUT2D eigenvalue weighted by Crippen LogP contribution is 2.70. The molecule has 0 aromatic rings. The number of aliphatic hydroxyl groups excluding tert-OH is 2. The number of rotatable bonds is 2. The molecule has 4 rings (SSSR count). The first-order chi connectivity index (χ1) is 13.0. The van der Waals surface area contributed by atoms with Gasteiger partial charge in [-0.15, -0.1) is 0 Å². The Morgan fingerprint density at radius 1 is 1.29 bits per heavy atom. The van der Waals surface area contributed by atoms with Crippen LogP contribution in [0, 0.1) is 34.5 Å². The van der Waals surface area contributed by atoms with Crippen LogP contribution in [0.5, 0.6) is 0 Å². The molecule has 0 radical (unpaired) electrons. The molecule has 0 aromatic carbocycles. The van der Waals surface area contributed by atoms with Crippen molar-refractivity contribution >= 4 is 11.6 Å². The molecule has 154 valence electrons. The molecule has 4 nitrogen and oxygen atoms in total. The van der Waals surface area contributed by atoms with Gasteiger partial charge in [0.15, 0.2) is 17.2 Å². The number of fused-ring (bicyclic) bond motifs is 5. The molecule has 3 fully saturated rings. The Hall–Kier alpha value is -1.40. The zero-order chi connectivity index (χ0) is 20.6. The van der Waals surface area contributed by atoms with E-state index in [-0.39, 0.29) is 41.8 Å². The van der Waals surface area contributed by atoms with Crippen molar-refractivity contribution in [3.05, 3.63) is 23.8 Å². The van der Waals surface area contributed by atoms with Gasteiger partial charge in [-0.05, 0) is 61.2 Å². The molecule has 3 saturated carbocycles. The highest BCUT2D eigenvalue weighted by atomic mass is 19.1. The standard InChI is InChI=1S/C22H28F2O4/c1-11-6-13-14-8-16(23)15-7-12(26)4-5-21(15,3)22(14,24)18(28)9-20(13,2)19(11)17(27)10-25/h4-5,7,11,13-14,16,18-19,25,28H,6,8-10H2,1-3H3/t11?,13?,14?,16-,18?,19?,20?,21?,22-/m0/s1. The fourth-order valence-electron chi connectivity index (χ4n) is 7.36. The summed E-state index contributed by atoms with van der Waals surface area (Å²) in [5, 5.41) is 20.5. The van der Waals surface area contributed by atoms with Crippen molar-refractivity contribution in [2.75, 3.05) is 6.61 Å². The van der Waals surface area contributed by atoms with Crippen LogP contribution in [0.25, 0.3) is 0 Å². The normalized spacial score (nSPS) is 52.5. The van der Waals surface area contributed by atoms with Crippen molar-refractivity contribution in [3.63, 3.8) is 0 Å². The first-order valence-electron chi connectivity index (χ1n) is 10.1. The third-order valence-corrected chi connectivity index (χ3v) is 8.47. The topological polar surface area (TPSA) is 74.6 Å². The fraction of sp³-hybridized carbons (Fsp3) is 0.727. The molecule has 6 heteroatoms. The summed E-state index contributed by atoms with van der Waals surface area (Å²) in [4.78, 5) is 24.3. The van der Waals surface area contributed by atoms with Crippen LogP contribution in [-0.2, 0) is 9.59 Å². The van der Waals surface area contributed by atoms with Gasteiger partial charge in [-0.2, -0.15) is 0 Å². The molecule has 4 aliphatic carbocycles. The second-order valence-electron chi connectivity index (χ2n) is 9.76. The van der Waals surface area contributed by atoms with Crippen LogP contribution in [0.1, 0.15) is 40.0 Å². The summed E-state index contributed by atoms with van der Waals surface area (Å²) in [6.07, 6.45) is 1.52. The Kier molecular flexibility index (Phi) is 4.30. The van der Waals surface area contributed by atoms with Gasteiger partial charge in [0.2, 0.25) is 0 Å². The summed E-state index contributed by atoms with van der Waals surface area (Å²) in [6, 6.07) is 0. The van der Waals surface area contributed by atoms with E-state index >= 15 is 8.78 Å². The monoisotopic (exact) mass is 394 g/mol. The number of hydrogen-bond acceptors (Lipinski definition) is 4. The van der Waals surface area contributed by atoms with Gasteiger partial charge in [0, 0.05) is 17.3 Å². The maximum Gasteiger partial charge on any atom is 0.178 e. The first kappa shape index (κ1) is 19.9. The molecule has 9 atom stereocenters. The van der Waals surface area contributed by atoms with E-state index in [9.17, 15) is 19.8 Å². The largest absolute Gasteiger partial charge is 0.390 e. The number of ketones is 2. The average Bonchev–Trinajstić information content (AvgIpc) is 2.89. The number of allylic oxidation sites excluding steroid dienone is 4. The van der Waals surface area contributed by atoms with E-state index in [1.165, 1.54) is 18.2 Å². The fourth-order valence-corrected chi connectivity index (χ4v) is 7.36. The lowest BCUT2D eigenvalue weighted by Crippen LogP contribution is -2.68. The molecule has 0 saturated heterocycles. The number of hydrogen-bond donors (Lipinski definition) is 2. The van der Waals surface area contributed by atoms with Gasteiger partial charge in [-0.3, -0.25) is 9.59 Å². The SMILES string of the molecule is CC1CC2C3C[C@H](F)C4=CC(=O)C=CC4(C)[C@@]3(F)C(O)CC2(C)C1C(=O)CO. The lowest BCUT2D eigenvalue weighted by atomic mass is 9.45. The molecule has 0 spiro atoms. The van der Waals surface area contributed by atoms with Crippen molar-refractivity contribution in [3.8, 4) is 0 Å². The van der Waals surface area contributed by atoms with Crippen molar-refractivity contribution in [1.82, 2.24) is 0 Å². The van der Waals surface area contributed by atoms with E-state index < -0.39 is 47.2 Å². The lowest BCUT2D eigenvalue weighted by molar-refractivity contribution is -0.202. The highest BCUT2D eigenvalue weighted by molar-refractivity contribution is 6.01. The molecule has 28 heavy (non-hydrogen) atoms. The molecule has 0 aliphatic heterocycles. The molecule has 7 unspecified atom stereocenters.